The third kappa shape index (κ3) is 4.30. The number of carbonyl (C=O) groups is 1. The molecule has 3 rings (SSSR count). The second kappa shape index (κ2) is 8.20. The van der Waals surface area contributed by atoms with Crippen molar-refractivity contribution in [2.75, 3.05) is 13.1 Å². The van der Waals surface area contributed by atoms with E-state index in [0.29, 0.717) is 17.9 Å². The smallest absolute Gasteiger partial charge is 0.168 e. The summed E-state index contributed by atoms with van der Waals surface area (Å²) >= 11 is 0. The van der Waals surface area contributed by atoms with E-state index in [0.717, 1.165) is 37.2 Å². The average Bonchev–Trinajstić information content (AvgIpc) is 2.64. The Bertz CT molecular complexity index is 655. The van der Waals surface area contributed by atoms with Gasteiger partial charge in [-0.1, -0.05) is 37.6 Å². The lowest BCUT2D eigenvalue weighted by atomic mass is 9.90. The van der Waals surface area contributed by atoms with E-state index < -0.39 is 0 Å². The first-order chi connectivity index (χ1) is 11.8. The summed E-state index contributed by atoms with van der Waals surface area (Å²) in [5.41, 5.74) is 4.21. The lowest BCUT2D eigenvalue weighted by Crippen LogP contribution is -2.28. The van der Waals surface area contributed by atoms with Gasteiger partial charge in [-0.25, -0.2) is 0 Å². The fourth-order valence-corrected chi connectivity index (χ4v) is 3.32. The summed E-state index contributed by atoms with van der Waals surface area (Å²) in [6.45, 7) is 4.33. The number of hydrogen-bond donors (Lipinski definition) is 1. The summed E-state index contributed by atoms with van der Waals surface area (Å²) in [5, 5.41) is 3.45. The average molecular weight is 322 g/mol. The summed E-state index contributed by atoms with van der Waals surface area (Å²) in [6.07, 6.45) is 6.69. The van der Waals surface area contributed by atoms with Gasteiger partial charge in [-0.15, -0.1) is 0 Å². The molecule has 0 aliphatic carbocycles. The monoisotopic (exact) mass is 322 g/mol. The maximum absolute atomic E-state index is 12.4. The van der Waals surface area contributed by atoms with Crippen LogP contribution >= 0.6 is 0 Å². The minimum absolute atomic E-state index is 0.137. The van der Waals surface area contributed by atoms with Crippen LogP contribution in [0.1, 0.15) is 59.3 Å². The van der Waals surface area contributed by atoms with Gasteiger partial charge in [-0.2, -0.15) is 0 Å². The number of Topliss-reactive ketones (excluding diaryl/α,β-unsaturated/α-hetero) is 1. The molecule has 0 unspecified atom stereocenters. The highest BCUT2D eigenvalue weighted by atomic mass is 16.1. The number of pyridine rings is 1. The van der Waals surface area contributed by atoms with E-state index in [-0.39, 0.29) is 5.78 Å². The second-order valence-electron chi connectivity index (χ2n) is 6.67. The summed E-state index contributed by atoms with van der Waals surface area (Å²) in [6, 6.07) is 12.4. The van der Waals surface area contributed by atoms with Crippen LogP contribution in [0.5, 0.6) is 0 Å². The second-order valence-corrected chi connectivity index (χ2v) is 6.67. The maximum atomic E-state index is 12.4. The van der Waals surface area contributed by atoms with Crippen molar-refractivity contribution < 1.29 is 4.79 Å². The molecule has 0 amide bonds. The normalized spacial score (nSPS) is 17.6. The van der Waals surface area contributed by atoms with Crippen molar-refractivity contribution in [1.29, 1.82) is 0 Å². The number of piperidine rings is 1. The fraction of sp³-hybridized carbons (Fsp3) is 0.429. The molecule has 0 saturated carbocycles. The number of hydrogen-bond acceptors (Lipinski definition) is 3. The van der Waals surface area contributed by atoms with Crippen LogP contribution in [0.25, 0.3) is 0 Å². The molecule has 126 valence electrons. The molecule has 1 aromatic carbocycles. The SMILES string of the molecule is CCCc1ccc(C(=O)Cc2ccc([C@@H]3CCCNC3)cc2)cn1. The number of aryl methyl sites for hydroxylation is 1. The Morgan fingerprint density at radius 3 is 2.67 bits per heavy atom. The van der Waals surface area contributed by atoms with Crippen LogP contribution in [0.15, 0.2) is 42.6 Å². The van der Waals surface area contributed by atoms with E-state index in [4.69, 9.17) is 0 Å². The Balaban J connectivity index is 1.61. The van der Waals surface area contributed by atoms with Gasteiger partial charge in [0.15, 0.2) is 5.78 Å². The molecule has 0 spiro atoms. The first-order valence-electron chi connectivity index (χ1n) is 9.04. The summed E-state index contributed by atoms with van der Waals surface area (Å²) in [4.78, 5) is 16.8. The summed E-state index contributed by atoms with van der Waals surface area (Å²) in [7, 11) is 0. The molecule has 1 aromatic heterocycles. The number of benzene rings is 1. The van der Waals surface area contributed by atoms with E-state index >= 15 is 0 Å². The molecule has 1 saturated heterocycles. The minimum atomic E-state index is 0.137. The third-order valence-electron chi connectivity index (χ3n) is 4.77. The minimum Gasteiger partial charge on any atom is -0.316 e. The van der Waals surface area contributed by atoms with Gasteiger partial charge in [0.25, 0.3) is 0 Å². The van der Waals surface area contributed by atoms with Gasteiger partial charge in [0.2, 0.25) is 0 Å². The van der Waals surface area contributed by atoms with Crippen molar-refractivity contribution in [3.8, 4) is 0 Å². The zero-order valence-electron chi connectivity index (χ0n) is 14.4. The van der Waals surface area contributed by atoms with Crippen LogP contribution in [-0.4, -0.2) is 23.9 Å². The fourth-order valence-electron chi connectivity index (χ4n) is 3.32. The van der Waals surface area contributed by atoms with Crippen LogP contribution in [0, 0.1) is 0 Å². The Hall–Kier alpha value is -2.00. The van der Waals surface area contributed by atoms with Crippen molar-refractivity contribution in [3.63, 3.8) is 0 Å². The predicted octanol–water partition coefficient (Wildman–Crippen LogP) is 3.93. The predicted molar refractivity (Wildman–Crippen MR) is 97.6 cm³/mol. The van der Waals surface area contributed by atoms with E-state index in [9.17, 15) is 4.79 Å². The standard InChI is InChI=1S/C21H26N2O/c1-2-4-20-11-10-19(15-23-20)21(24)13-16-6-8-17(9-7-16)18-5-3-12-22-14-18/h6-11,15,18,22H,2-5,12-14H2,1H3/t18-/m1/s1. The first-order valence-corrected chi connectivity index (χ1v) is 9.04. The largest absolute Gasteiger partial charge is 0.316 e. The molecule has 1 N–H and O–H groups in total. The van der Waals surface area contributed by atoms with Gasteiger partial charge >= 0.3 is 0 Å². The van der Waals surface area contributed by atoms with Crippen LogP contribution in [0.2, 0.25) is 0 Å². The summed E-state index contributed by atoms with van der Waals surface area (Å²) < 4.78 is 0. The van der Waals surface area contributed by atoms with Crippen LogP contribution in [0.4, 0.5) is 0 Å². The number of nitrogens with one attached hydrogen (secondary N) is 1. The highest BCUT2D eigenvalue weighted by Crippen LogP contribution is 2.23. The molecular weight excluding hydrogens is 296 g/mol. The zero-order valence-corrected chi connectivity index (χ0v) is 14.4. The quantitative estimate of drug-likeness (QED) is 0.820. The van der Waals surface area contributed by atoms with Crippen molar-refractivity contribution >= 4 is 5.78 Å². The Kier molecular flexibility index (Phi) is 5.76. The van der Waals surface area contributed by atoms with Crippen molar-refractivity contribution in [2.45, 2.75) is 44.9 Å². The van der Waals surface area contributed by atoms with Crippen LogP contribution < -0.4 is 5.32 Å². The number of rotatable bonds is 6. The number of ketones is 1. The molecule has 0 radical (unpaired) electrons. The molecule has 1 atom stereocenters. The molecule has 1 fully saturated rings. The number of aromatic nitrogens is 1. The van der Waals surface area contributed by atoms with Gasteiger partial charge in [0.1, 0.15) is 0 Å². The molecule has 3 nitrogen and oxygen atoms in total. The maximum Gasteiger partial charge on any atom is 0.168 e. The van der Waals surface area contributed by atoms with E-state index in [1.807, 2.05) is 12.1 Å². The Morgan fingerprint density at radius 1 is 1.21 bits per heavy atom. The zero-order chi connectivity index (χ0) is 16.8. The topological polar surface area (TPSA) is 42.0 Å². The van der Waals surface area contributed by atoms with Crippen LogP contribution in [0.3, 0.4) is 0 Å². The van der Waals surface area contributed by atoms with E-state index in [2.05, 4.69) is 41.5 Å². The molecule has 3 heteroatoms. The van der Waals surface area contributed by atoms with Crippen molar-refractivity contribution in [1.82, 2.24) is 10.3 Å². The van der Waals surface area contributed by atoms with Gasteiger partial charge in [-0.3, -0.25) is 9.78 Å². The lowest BCUT2D eigenvalue weighted by Gasteiger charge is -2.23. The number of carbonyl (C=O) groups excluding carboxylic acids is 1. The van der Waals surface area contributed by atoms with Gasteiger partial charge in [0.05, 0.1) is 0 Å². The molecule has 2 aromatic rings. The highest BCUT2D eigenvalue weighted by molar-refractivity contribution is 5.97. The van der Waals surface area contributed by atoms with Gasteiger partial charge in [-0.05, 0) is 55.0 Å². The Labute approximate surface area is 144 Å². The molecule has 1 aliphatic rings. The van der Waals surface area contributed by atoms with E-state index in [1.165, 1.54) is 18.4 Å². The highest BCUT2D eigenvalue weighted by Gasteiger charge is 2.15. The van der Waals surface area contributed by atoms with Gasteiger partial charge in [0, 0.05) is 30.4 Å². The van der Waals surface area contributed by atoms with Gasteiger partial charge < -0.3 is 5.32 Å². The molecule has 2 heterocycles. The molecule has 24 heavy (non-hydrogen) atoms. The first kappa shape index (κ1) is 16.8. The molecular formula is C21H26N2O. The Morgan fingerprint density at radius 2 is 2.04 bits per heavy atom. The van der Waals surface area contributed by atoms with Crippen LogP contribution in [-0.2, 0) is 12.8 Å². The lowest BCUT2D eigenvalue weighted by molar-refractivity contribution is 0.0992. The number of nitrogens with zero attached hydrogens (tertiary/aromatic N) is 1. The molecule has 1 aliphatic heterocycles. The summed E-state index contributed by atoms with van der Waals surface area (Å²) in [5.74, 6) is 0.747. The van der Waals surface area contributed by atoms with E-state index in [1.54, 1.807) is 6.20 Å². The third-order valence-corrected chi connectivity index (χ3v) is 4.77. The molecule has 0 bridgehead atoms. The van der Waals surface area contributed by atoms with Crippen molar-refractivity contribution in [3.05, 3.63) is 65.0 Å². The van der Waals surface area contributed by atoms with Crippen molar-refractivity contribution in [2.24, 2.45) is 0 Å².